The summed E-state index contributed by atoms with van der Waals surface area (Å²) in [4.78, 5) is 28.8. The molecule has 2 fully saturated rings. The number of alkyl carbamates (subject to hydrolysis) is 1. The molecule has 1 aliphatic heterocycles. The predicted molar refractivity (Wildman–Crippen MR) is 165 cm³/mol. The molecule has 2 amide bonds. The smallest absolute Gasteiger partial charge is 0.408 e. The van der Waals surface area contributed by atoms with Crippen molar-refractivity contribution >= 4 is 30.7 Å². The Kier molecular flexibility index (Phi) is 8.79. The summed E-state index contributed by atoms with van der Waals surface area (Å²) in [7, 11) is -1.46. The van der Waals surface area contributed by atoms with E-state index in [9.17, 15) is 9.59 Å². The Morgan fingerprint density at radius 1 is 0.951 bits per heavy atom. The van der Waals surface area contributed by atoms with E-state index in [0.29, 0.717) is 13.0 Å². The Balaban J connectivity index is 1.91. The minimum absolute atomic E-state index is 0.00830. The molecule has 224 valence electrons. The van der Waals surface area contributed by atoms with Gasteiger partial charge in [-0.3, -0.25) is 4.79 Å². The van der Waals surface area contributed by atoms with E-state index < -0.39 is 31.7 Å². The van der Waals surface area contributed by atoms with Crippen molar-refractivity contribution in [2.45, 2.75) is 90.1 Å². The van der Waals surface area contributed by atoms with Crippen molar-refractivity contribution in [3.63, 3.8) is 0 Å². The summed E-state index contributed by atoms with van der Waals surface area (Å²) in [5, 5.41) is 5.37. The largest absolute Gasteiger partial charge is 0.444 e. The van der Waals surface area contributed by atoms with E-state index in [1.165, 1.54) is 0 Å². The third-order valence-electron chi connectivity index (χ3n) is 8.74. The predicted octanol–water partition coefficient (Wildman–Crippen LogP) is 4.73. The first-order valence-electron chi connectivity index (χ1n) is 14.7. The van der Waals surface area contributed by atoms with Gasteiger partial charge in [0, 0.05) is 19.6 Å². The summed E-state index contributed by atoms with van der Waals surface area (Å²) in [6.45, 7) is 17.2. The fourth-order valence-electron chi connectivity index (χ4n) is 7.11. The number of likely N-dealkylation sites (tertiary alicyclic amines) is 1. The lowest BCUT2D eigenvalue weighted by Gasteiger charge is -2.63. The molecule has 4 rings (SSSR count). The molecule has 5 atom stereocenters. The van der Waals surface area contributed by atoms with Crippen molar-refractivity contribution in [2.75, 3.05) is 20.3 Å². The Morgan fingerprint density at radius 3 is 1.95 bits per heavy atom. The van der Waals surface area contributed by atoms with E-state index in [1.54, 1.807) is 7.11 Å². The molecule has 8 heteroatoms. The third-order valence-corrected chi connectivity index (χ3v) is 13.8. The van der Waals surface area contributed by atoms with Crippen LogP contribution in [0.2, 0.25) is 5.04 Å². The normalized spacial score (nSPS) is 26.5. The van der Waals surface area contributed by atoms with Gasteiger partial charge in [-0.15, -0.1) is 0 Å². The van der Waals surface area contributed by atoms with Gasteiger partial charge in [0.1, 0.15) is 12.2 Å². The van der Waals surface area contributed by atoms with Gasteiger partial charge in [0.25, 0.3) is 8.32 Å². The van der Waals surface area contributed by atoms with Gasteiger partial charge in [-0.2, -0.15) is 0 Å². The van der Waals surface area contributed by atoms with Gasteiger partial charge in [-0.25, -0.2) is 4.79 Å². The minimum Gasteiger partial charge on any atom is -0.444 e. The molecule has 1 aliphatic carbocycles. The number of methoxy groups -OCH3 is 1. The van der Waals surface area contributed by atoms with Gasteiger partial charge >= 0.3 is 6.09 Å². The van der Waals surface area contributed by atoms with Crippen LogP contribution in [-0.2, 0) is 18.7 Å². The van der Waals surface area contributed by atoms with E-state index in [-0.39, 0.29) is 35.4 Å². The second kappa shape index (κ2) is 11.5. The van der Waals surface area contributed by atoms with Gasteiger partial charge < -0.3 is 24.1 Å². The first kappa shape index (κ1) is 31.3. The molecular weight excluding hydrogens is 532 g/mol. The zero-order valence-electron chi connectivity index (χ0n) is 26.2. The molecule has 1 N–H and O–H groups in total. The van der Waals surface area contributed by atoms with E-state index >= 15 is 0 Å². The zero-order valence-corrected chi connectivity index (χ0v) is 27.2. The highest BCUT2D eigenvalue weighted by molar-refractivity contribution is 6.99. The highest BCUT2D eigenvalue weighted by atomic mass is 28.4. The quantitative estimate of drug-likeness (QED) is 0.480. The number of amides is 2. The van der Waals surface area contributed by atoms with E-state index in [4.69, 9.17) is 13.9 Å². The van der Waals surface area contributed by atoms with Crippen molar-refractivity contribution in [1.29, 1.82) is 0 Å². The first-order valence-corrected chi connectivity index (χ1v) is 16.7. The second-order valence-corrected chi connectivity index (χ2v) is 18.2. The second-order valence-electron chi connectivity index (χ2n) is 13.9. The highest BCUT2D eigenvalue weighted by Gasteiger charge is 2.69. The van der Waals surface area contributed by atoms with Crippen LogP contribution in [0.4, 0.5) is 4.79 Å². The first-order chi connectivity index (χ1) is 19.2. The Hall–Kier alpha value is -2.68. The van der Waals surface area contributed by atoms with Gasteiger partial charge in [0.05, 0.1) is 17.7 Å². The lowest BCUT2D eigenvalue weighted by atomic mass is 9.59. The maximum atomic E-state index is 13.5. The number of carbonyl (C=O) groups excluding carboxylic acids is 2. The number of rotatable bonds is 7. The molecule has 0 radical (unpaired) electrons. The van der Waals surface area contributed by atoms with Crippen molar-refractivity contribution in [2.24, 2.45) is 11.8 Å². The van der Waals surface area contributed by atoms with E-state index in [1.807, 2.05) is 37.8 Å². The van der Waals surface area contributed by atoms with Crippen LogP contribution in [0.15, 0.2) is 60.7 Å². The summed E-state index contributed by atoms with van der Waals surface area (Å²) in [5.74, 6) is 0.0231. The SMILES string of the molecule is COCC(=O)N1C[C@H](C)CC2(NC(=O)OC(C)(C)C)[C@H](C)C1[C@H]2O[Si](c1ccccc1)(c1ccccc1)C(C)(C)C. The monoisotopic (exact) mass is 580 g/mol. The van der Waals surface area contributed by atoms with Crippen molar-refractivity contribution < 1.29 is 23.5 Å². The summed E-state index contributed by atoms with van der Waals surface area (Å²) in [6.07, 6.45) is -0.228. The number of benzene rings is 2. The Morgan fingerprint density at radius 2 is 1.49 bits per heavy atom. The van der Waals surface area contributed by atoms with Gasteiger partial charge in [-0.05, 0) is 48.5 Å². The van der Waals surface area contributed by atoms with Crippen LogP contribution in [0.25, 0.3) is 0 Å². The molecule has 2 aliphatic rings. The van der Waals surface area contributed by atoms with Crippen LogP contribution in [0.1, 0.15) is 61.8 Å². The molecule has 1 saturated heterocycles. The molecule has 2 aromatic carbocycles. The molecule has 0 spiro atoms. The van der Waals surface area contributed by atoms with Gasteiger partial charge in [-0.1, -0.05) is 95.3 Å². The fraction of sp³-hybridized carbons (Fsp3) is 0.576. The molecule has 1 saturated carbocycles. The van der Waals surface area contributed by atoms with Gasteiger partial charge in [0.2, 0.25) is 5.91 Å². The fourth-order valence-corrected chi connectivity index (χ4v) is 11.9. The number of fused-ring (bicyclic) bond motifs is 2. The molecular formula is C33H48N2O5Si. The van der Waals surface area contributed by atoms with Crippen LogP contribution in [0.3, 0.4) is 0 Å². The maximum Gasteiger partial charge on any atom is 0.408 e. The lowest BCUT2D eigenvalue weighted by molar-refractivity contribution is -0.159. The van der Waals surface area contributed by atoms with E-state index in [0.717, 1.165) is 10.4 Å². The Bertz CT molecular complexity index is 1170. The van der Waals surface area contributed by atoms with Crippen LogP contribution in [0.5, 0.6) is 0 Å². The number of hydrogen-bond donors (Lipinski definition) is 1. The number of nitrogens with one attached hydrogen (secondary N) is 1. The van der Waals surface area contributed by atoms with Crippen LogP contribution < -0.4 is 15.7 Å². The van der Waals surface area contributed by atoms with Crippen molar-refractivity contribution in [1.82, 2.24) is 10.2 Å². The lowest BCUT2D eigenvalue weighted by Crippen LogP contribution is -2.83. The number of carbonyl (C=O) groups is 2. The average molecular weight is 581 g/mol. The topological polar surface area (TPSA) is 77.1 Å². The molecule has 41 heavy (non-hydrogen) atoms. The van der Waals surface area contributed by atoms with Crippen molar-refractivity contribution in [3.05, 3.63) is 60.7 Å². The number of hydrogen-bond acceptors (Lipinski definition) is 5. The van der Waals surface area contributed by atoms with Crippen LogP contribution >= 0.6 is 0 Å². The van der Waals surface area contributed by atoms with Crippen LogP contribution in [0, 0.1) is 11.8 Å². The van der Waals surface area contributed by atoms with Crippen molar-refractivity contribution in [3.8, 4) is 0 Å². The molecule has 7 nitrogen and oxygen atoms in total. The Labute approximate surface area is 247 Å². The molecule has 2 aromatic rings. The molecule has 0 aromatic heterocycles. The summed E-state index contributed by atoms with van der Waals surface area (Å²) in [6, 6.07) is 20.8. The molecule has 2 unspecified atom stereocenters. The average Bonchev–Trinajstić information content (AvgIpc) is 3.08. The summed E-state index contributed by atoms with van der Waals surface area (Å²) < 4.78 is 18.8. The summed E-state index contributed by atoms with van der Waals surface area (Å²) >= 11 is 0. The maximum absolute atomic E-state index is 13.5. The minimum atomic E-state index is -3.01. The number of ether oxygens (including phenoxy) is 2. The molecule has 2 bridgehead atoms. The summed E-state index contributed by atoms with van der Waals surface area (Å²) in [5.41, 5.74) is -1.35. The zero-order chi connectivity index (χ0) is 30.2. The van der Waals surface area contributed by atoms with Gasteiger partial charge in [0.15, 0.2) is 0 Å². The number of nitrogens with zero attached hydrogens (tertiary/aromatic N) is 1. The van der Waals surface area contributed by atoms with Crippen LogP contribution in [-0.4, -0.2) is 68.8 Å². The molecule has 1 heterocycles. The third kappa shape index (κ3) is 5.83. The van der Waals surface area contributed by atoms with E-state index in [2.05, 4.69) is 88.5 Å². The highest BCUT2D eigenvalue weighted by Crippen LogP contribution is 2.53. The standard InChI is InChI=1S/C33H48N2O5Si/c1-23-20-33(34-30(37)39-31(3,4)5)24(2)28(35(21-23)27(36)22-38-9)29(33)40-41(32(6,7)8,25-16-12-10-13-17-25)26-18-14-11-15-19-26/h10-19,23-24,28-29H,20-22H2,1-9H3,(H,34,37)/t23-,24-,28?,29-,33?/m1/s1.